The van der Waals surface area contributed by atoms with Gasteiger partial charge in [-0.3, -0.25) is 4.79 Å². The molecule has 0 fully saturated rings. The van der Waals surface area contributed by atoms with Gasteiger partial charge in [-0.05, 0) is 60.9 Å². The smallest absolute Gasteiger partial charge is 0.244 e. The molecule has 1 N–H and O–H groups in total. The molecule has 0 bridgehead atoms. The zero-order valence-electron chi connectivity index (χ0n) is 15.3. The molecule has 27 heavy (non-hydrogen) atoms. The molecular formula is C22H23N3O2. The molecule has 3 aromatic rings. The van der Waals surface area contributed by atoms with Gasteiger partial charge < -0.3 is 10.1 Å². The van der Waals surface area contributed by atoms with Gasteiger partial charge >= 0.3 is 0 Å². The second-order valence-corrected chi connectivity index (χ2v) is 5.99. The molecule has 0 aliphatic rings. The molecule has 0 atom stereocenters. The van der Waals surface area contributed by atoms with Gasteiger partial charge in [0.15, 0.2) is 0 Å². The minimum atomic E-state index is -0.1000. The van der Waals surface area contributed by atoms with E-state index in [0.717, 1.165) is 23.4 Å². The first-order chi connectivity index (χ1) is 13.2. The summed E-state index contributed by atoms with van der Waals surface area (Å²) in [6.45, 7) is 3.18. The Kier molecular flexibility index (Phi) is 6.41. The number of nitrogens with one attached hydrogen (secondary N) is 1. The first-order valence-corrected chi connectivity index (χ1v) is 9.02. The van der Waals surface area contributed by atoms with E-state index in [2.05, 4.69) is 22.5 Å². The van der Waals surface area contributed by atoms with Crippen molar-refractivity contribution >= 4 is 12.0 Å². The summed E-state index contributed by atoms with van der Waals surface area (Å²) in [5, 5.41) is 7.11. The second kappa shape index (κ2) is 9.38. The zero-order valence-corrected chi connectivity index (χ0v) is 15.3. The SMILES string of the molecule is CCOc1ccc(/C=C/C(=O)NCCc2ccc(-n3cccn3)cc2)cc1. The average Bonchev–Trinajstić information content (AvgIpc) is 3.23. The predicted molar refractivity (Wildman–Crippen MR) is 107 cm³/mol. The molecule has 1 amide bonds. The van der Waals surface area contributed by atoms with E-state index < -0.39 is 0 Å². The molecule has 2 aromatic carbocycles. The van der Waals surface area contributed by atoms with E-state index >= 15 is 0 Å². The molecule has 3 rings (SSSR count). The third-order valence-corrected chi connectivity index (χ3v) is 4.04. The molecule has 0 aliphatic heterocycles. The lowest BCUT2D eigenvalue weighted by Crippen LogP contribution is -2.23. The quantitative estimate of drug-likeness (QED) is 0.623. The predicted octanol–water partition coefficient (Wildman–Crippen LogP) is 3.64. The van der Waals surface area contributed by atoms with Crippen molar-refractivity contribution in [3.63, 3.8) is 0 Å². The highest BCUT2D eigenvalue weighted by Gasteiger charge is 1.99. The fraction of sp³-hybridized carbons (Fsp3) is 0.182. The normalized spacial score (nSPS) is 10.9. The maximum absolute atomic E-state index is 12.0. The van der Waals surface area contributed by atoms with Gasteiger partial charge in [0.05, 0.1) is 12.3 Å². The fourth-order valence-electron chi connectivity index (χ4n) is 2.64. The Labute approximate surface area is 159 Å². The monoisotopic (exact) mass is 361 g/mol. The molecule has 5 heteroatoms. The van der Waals surface area contributed by atoms with Gasteiger partial charge in [-0.25, -0.2) is 4.68 Å². The molecule has 0 spiro atoms. The number of aromatic nitrogens is 2. The third kappa shape index (κ3) is 5.57. The van der Waals surface area contributed by atoms with Crippen LogP contribution < -0.4 is 10.1 Å². The Morgan fingerprint density at radius 3 is 2.59 bits per heavy atom. The Morgan fingerprint density at radius 1 is 1.15 bits per heavy atom. The first kappa shape index (κ1) is 18.5. The Morgan fingerprint density at radius 2 is 1.93 bits per heavy atom. The van der Waals surface area contributed by atoms with Crippen molar-refractivity contribution in [2.24, 2.45) is 0 Å². The van der Waals surface area contributed by atoms with E-state index in [1.165, 1.54) is 5.56 Å². The minimum absolute atomic E-state index is 0.1000. The average molecular weight is 361 g/mol. The second-order valence-electron chi connectivity index (χ2n) is 5.99. The number of hydrogen-bond donors (Lipinski definition) is 1. The highest BCUT2D eigenvalue weighted by molar-refractivity contribution is 5.91. The van der Waals surface area contributed by atoms with Gasteiger partial charge in [-0.2, -0.15) is 5.10 Å². The van der Waals surface area contributed by atoms with Gasteiger partial charge in [-0.1, -0.05) is 24.3 Å². The van der Waals surface area contributed by atoms with E-state index in [9.17, 15) is 4.79 Å². The van der Waals surface area contributed by atoms with Gasteiger partial charge in [0, 0.05) is 25.0 Å². The molecule has 1 aromatic heterocycles. The summed E-state index contributed by atoms with van der Waals surface area (Å²) in [5.74, 6) is 0.731. The molecule has 0 radical (unpaired) electrons. The largest absolute Gasteiger partial charge is 0.494 e. The van der Waals surface area contributed by atoms with Crippen molar-refractivity contribution in [3.05, 3.63) is 84.2 Å². The third-order valence-electron chi connectivity index (χ3n) is 4.04. The van der Waals surface area contributed by atoms with Crippen molar-refractivity contribution in [1.82, 2.24) is 15.1 Å². The van der Waals surface area contributed by atoms with Crippen LogP contribution in [0.5, 0.6) is 5.75 Å². The van der Waals surface area contributed by atoms with Crippen LogP contribution in [0, 0.1) is 0 Å². The number of carbonyl (C=O) groups is 1. The van der Waals surface area contributed by atoms with Crippen molar-refractivity contribution < 1.29 is 9.53 Å². The van der Waals surface area contributed by atoms with Crippen LogP contribution in [-0.4, -0.2) is 28.8 Å². The van der Waals surface area contributed by atoms with Gasteiger partial charge in [0.2, 0.25) is 5.91 Å². The van der Waals surface area contributed by atoms with Crippen LogP contribution in [0.4, 0.5) is 0 Å². The summed E-state index contributed by atoms with van der Waals surface area (Å²) in [4.78, 5) is 12.0. The summed E-state index contributed by atoms with van der Waals surface area (Å²) < 4.78 is 7.22. The highest BCUT2D eigenvalue weighted by atomic mass is 16.5. The van der Waals surface area contributed by atoms with Crippen molar-refractivity contribution in [1.29, 1.82) is 0 Å². The first-order valence-electron chi connectivity index (χ1n) is 9.02. The molecule has 138 valence electrons. The molecule has 1 heterocycles. The summed E-state index contributed by atoms with van der Waals surface area (Å²) in [7, 11) is 0. The summed E-state index contributed by atoms with van der Waals surface area (Å²) in [6.07, 6.45) is 7.79. The topological polar surface area (TPSA) is 56.1 Å². The molecule has 0 saturated heterocycles. The highest BCUT2D eigenvalue weighted by Crippen LogP contribution is 2.13. The van der Waals surface area contributed by atoms with Crippen LogP contribution >= 0.6 is 0 Å². The van der Waals surface area contributed by atoms with Crippen molar-refractivity contribution in [2.75, 3.05) is 13.2 Å². The minimum Gasteiger partial charge on any atom is -0.494 e. The number of rotatable bonds is 8. The van der Waals surface area contributed by atoms with Gasteiger partial charge in [0.1, 0.15) is 5.75 Å². The van der Waals surface area contributed by atoms with Crippen LogP contribution in [0.25, 0.3) is 11.8 Å². The van der Waals surface area contributed by atoms with Crippen LogP contribution in [0.1, 0.15) is 18.1 Å². The fourth-order valence-corrected chi connectivity index (χ4v) is 2.64. The van der Waals surface area contributed by atoms with Crippen molar-refractivity contribution in [2.45, 2.75) is 13.3 Å². The van der Waals surface area contributed by atoms with E-state index in [1.54, 1.807) is 18.3 Å². The van der Waals surface area contributed by atoms with E-state index in [-0.39, 0.29) is 5.91 Å². The lowest BCUT2D eigenvalue weighted by Gasteiger charge is -2.05. The Bertz CT molecular complexity index is 867. The van der Waals surface area contributed by atoms with Gasteiger partial charge in [0.25, 0.3) is 0 Å². The Balaban J connectivity index is 1.43. The number of ether oxygens (including phenoxy) is 1. The van der Waals surface area contributed by atoms with Crippen LogP contribution in [0.2, 0.25) is 0 Å². The van der Waals surface area contributed by atoms with E-state index in [1.807, 2.05) is 60.3 Å². The molecular weight excluding hydrogens is 338 g/mol. The van der Waals surface area contributed by atoms with E-state index in [0.29, 0.717) is 13.2 Å². The standard InChI is InChI=1S/C22H23N3O2/c1-2-27-21-11-6-18(7-12-21)8-13-22(26)23-16-14-19-4-9-20(10-5-19)25-17-3-15-24-25/h3-13,15,17H,2,14,16H2,1H3,(H,23,26)/b13-8+. The van der Waals surface area contributed by atoms with E-state index in [4.69, 9.17) is 4.74 Å². The molecule has 0 saturated carbocycles. The number of hydrogen-bond acceptors (Lipinski definition) is 3. The Hall–Kier alpha value is -3.34. The maximum Gasteiger partial charge on any atom is 0.244 e. The lowest BCUT2D eigenvalue weighted by molar-refractivity contribution is -0.116. The summed E-state index contributed by atoms with van der Waals surface area (Å²) in [6, 6.07) is 17.7. The maximum atomic E-state index is 12.0. The zero-order chi connectivity index (χ0) is 18.9. The summed E-state index contributed by atoms with van der Waals surface area (Å²) in [5.41, 5.74) is 3.15. The van der Waals surface area contributed by atoms with Crippen LogP contribution in [0.3, 0.4) is 0 Å². The number of amides is 1. The van der Waals surface area contributed by atoms with Crippen LogP contribution in [0.15, 0.2) is 73.1 Å². The number of carbonyl (C=O) groups excluding carboxylic acids is 1. The molecule has 5 nitrogen and oxygen atoms in total. The lowest BCUT2D eigenvalue weighted by atomic mass is 10.1. The molecule has 0 unspecified atom stereocenters. The molecule has 0 aliphatic carbocycles. The van der Waals surface area contributed by atoms with Crippen molar-refractivity contribution in [3.8, 4) is 11.4 Å². The summed E-state index contributed by atoms with van der Waals surface area (Å²) >= 11 is 0. The van der Waals surface area contributed by atoms with Crippen LogP contribution in [-0.2, 0) is 11.2 Å². The number of benzene rings is 2. The number of nitrogens with zero attached hydrogens (tertiary/aromatic N) is 2. The van der Waals surface area contributed by atoms with Gasteiger partial charge in [-0.15, -0.1) is 0 Å².